The minimum atomic E-state index is -0.0317. The number of rotatable bonds is 5. The van der Waals surface area contributed by atoms with E-state index < -0.39 is 0 Å². The van der Waals surface area contributed by atoms with Crippen LogP contribution in [0.25, 0.3) is 0 Å². The number of nitrogens with zero attached hydrogens (tertiary/aromatic N) is 3. The maximum atomic E-state index is 12.8. The van der Waals surface area contributed by atoms with E-state index in [0.29, 0.717) is 30.0 Å². The Bertz CT molecular complexity index is 735. The molecule has 0 spiro atoms. The van der Waals surface area contributed by atoms with Crippen LogP contribution in [0.3, 0.4) is 0 Å². The number of carbonyl (C=O) groups is 1. The molecule has 2 aliphatic carbocycles. The van der Waals surface area contributed by atoms with Crippen LogP contribution in [-0.2, 0) is 6.54 Å². The molecule has 0 N–H and O–H groups in total. The molecular formula is C18H21N3O2. The third-order valence-electron chi connectivity index (χ3n) is 4.73. The molecule has 23 heavy (non-hydrogen) atoms. The summed E-state index contributed by atoms with van der Waals surface area (Å²) in [6.07, 6.45) is 4.96. The Morgan fingerprint density at radius 3 is 2.78 bits per heavy atom. The van der Waals surface area contributed by atoms with Gasteiger partial charge in [0.05, 0.1) is 6.54 Å². The van der Waals surface area contributed by atoms with Gasteiger partial charge in [-0.3, -0.25) is 4.79 Å². The Balaban J connectivity index is 1.52. The van der Waals surface area contributed by atoms with E-state index in [-0.39, 0.29) is 5.91 Å². The molecule has 0 bridgehead atoms. The molecule has 1 amide bonds. The van der Waals surface area contributed by atoms with Gasteiger partial charge in [0.15, 0.2) is 0 Å². The van der Waals surface area contributed by atoms with Crippen LogP contribution in [0.1, 0.15) is 59.9 Å². The molecule has 2 heterocycles. The second-order valence-corrected chi connectivity index (χ2v) is 6.78. The maximum absolute atomic E-state index is 12.8. The maximum Gasteiger partial charge on any atom is 0.273 e. The second kappa shape index (κ2) is 5.48. The van der Waals surface area contributed by atoms with Crippen molar-refractivity contribution in [1.82, 2.24) is 14.9 Å². The molecule has 2 saturated carbocycles. The minimum Gasteiger partial charge on any atom is -0.464 e. The van der Waals surface area contributed by atoms with Crippen LogP contribution in [0.4, 0.5) is 0 Å². The molecule has 2 aliphatic rings. The number of amides is 1. The zero-order valence-corrected chi connectivity index (χ0v) is 13.5. The monoisotopic (exact) mass is 311 g/mol. The molecular weight excluding hydrogens is 290 g/mol. The van der Waals surface area contributed by atoms with Gasteiger partial charge >= 0.3 is 0 Å². The number of aryl methyl sites for hydroxylation is 1. The highest BCUT2D eigenvalue weighted by Gasteiger charge is 2.38. The van der Waals surface area contributed by atoms with Gasteiger partial charge in [0.25, 0.3) is 5.91 Å². The highest BCUT2D eigenvalue weighted by molar-refractivity contribution is 5.92. The number of hydrogen-bond donors (Lipinski definition) is 0. The Hall–Kier alpha value is -2.17. The Labute approximate surface area is 135 Å². The molecule has 2 atom stereocenters. The lowest BCUT2D eigenvalue weighted by Crippen LogP contribution is -2.33. The van der Waals surface area contributed by atoms with E-state index in [1.807, 2.05) is 11.0 Å². The van der Waals surface area contributed by atoms with Crippen LogP contribution in [0, 0.1) is 12.8 Å². The molecule has 0 unspecified atom stereocenters. The lowest BCUT2D eigenvalue weighted by molar-refractivity contribution is 0.0710. The summed E-state index contributed by atoms with van der Waals surface area (Å²) in [6, 6.07) is 6.07. The summed E-state index contributed by atoms with van der Waals surface area (Å²) in [5, 5.41) is 0. The van der Waals surface area contributed by atoms with Crippen LogP contribution in [0.5, 0.6) is 0 Å². The van der Waals surface area contributed by atoms with Gasteiger partial charge in [-0.15, -0.1) is 0 Å². The van der Waals surface area contributed by atoms with Gasteiger partial charge < -0.3 is 9.32 Å². The summed E-state index contributed by atoms with van der Waals surface area (Å²) in [6.45, 7) is 4.56. The quantitative estimate of drug-likeness (QED) is 0.850. The fraction of sp³-hybridized carbons (Fsp3) is 0.500. The second-order valence-electron chi connectivity index (χ2n) is 6.78. The van der Waals surface area contributed by atoms with Crippen molar-refractivity contribution >= 4 is 5.91 Å². The van der Waals surface area contributed by atoms with E-state index in [9.17, 15) is 4.79 Å². The molecule has 120 valence electrons. The van der Waals surface area contributed by atoms with Gasteiger partial charge in [-0.1, -0.05) is 6.92 Å². The molecule has 2 aromatic rings. The van der Waals surface area contributed by atoms with Crippen LogP contribution in [0.15, 0.2) is 28.8 Å². The zero-order chi connectivity index (χ0) is 16.0. The molecule has 0 aliphatic heterocycles. The Morgan fingerprint density at radius 1 is 1.35 bits per heavy atom. The van der Waals surface area contributed by atoms with Crippen LogP contribution < -0.4 is 0 Å². The highest BCUT2D eigenvalue weighted by Crippen LogP contribution is 2.47. The predicted molar refractivity (Wildman–Crippen MR) is 84.9 cm³/mol. The van der Waals surface area contributed by atoms with Crippen molar-refractivity contribution < 1.29 is 9.21 Å². The van der Waals surface area contributed by atoms with E-state index in [4.69, 9.17) is 4.42 Å². The number of hydrogen-bond acceptors (Lipinski definition) is 4. The largest absolute Gasteiger partial charge is 0.464 e. The summed E-state index contributed by atoms with van der Waals surface area (Å²) in [5.74, 6) is 3.81. The normalized spacial score (nSPS) is 22.9. The van der Waals surface area contributed by atoms with Crippen LogP contribution >= 0.6 is 0 Å². The fourth-order valence-corrected chi connectivity index (χ4v) is 3.04. The van der Waals surface area contributed by atoms with Crippen molar-refractivity contribution in [3.05, 3.63) is 47.4 Å². The topological polar surface area (TPSA) is 59.2 Å². The van der Waals surface area contributed by atoms with Crippen molar-refractivity contribution in [3.63, 3.8) is 0 Å². The number of aromatic nitrogens is 2. The van der Waals surface area contributed by atoms with Crippen molar-refractivity contribution in [2.75, 3.05) is 0 Å². The first-order valence-electron chi connectivity index (χ1n) is 8.31. The average Bonchev–Trinajstić information content (AvgIpc) is 3.45. The number of carbonyl (C=O) groups excluding carboxylic acids is 1. The van der Waals surface area contributed by atoms with E-state index in [1.54, 1.807) is 19.2 Å². The van der Waals surface area contributed by atoms with Crippen molar-refractivity contribution in [3.8, 4) is 0 Å². The first-order chi connectivity index (χ1) is 11.1. The standard InChI is InChI=1S/C18H21N3O2/c1-11-9-15(11)17-6-5-14(23-17)10-21(13-3-4-13)18(22)16-7-8-19-12(2)20-16/h5-8,11,13,15H,3-4,9-10H2,1-2H3/t11-,15-/m0/s1. The van der Waals surface area contributed by atoms with E-state index in [0.717, 1.165) is 30.3 Å². The summed E-state index contributed by atoms with van der Waals surface area (Å²) in [4.78, 5) is 23.0. The lowest BCUT2D eigenvalue weighted by Gasteiger charge is -2.20. The van der Waals surface area contributed by atoms with E-state index in [1.165, 1.54) is 6.42 Å². The fourth-order valence-electron chi connectivity index (χ4n) is 3.04. The van der Waals surface area contributed by atoms with Crippen molar-refractivity contribution in [2.24, 2.45) is 5.92 Å². The summed E-state index contributed by atoms with van der Waals surface area (Å²) >= 11 is 0. The summed E-state index contributed by atoms with van der Waals surface area (Å²) in [5.41, 5.74) is 0.465. The van der Waals surface area contributed by atoms with Crippen molar-refractivity contribution in [1.29, 1.82) is 0 Å². The molecule has 4 rings (SSSR count). The molecule has 0 radical (unpaired) electrons. The molecule has 2 aromatic heterocycles. The average molecular weight is 311 g/mol. The van der Waals surface area contributed by atoms with Crippen LogP contribution in [-0.4, -0.2) is 26.8 Å². The highest BCUT2D eigenvalue weighted by atomic mass is 16.3. The molecule has 0 saturated heterocycles. The van der Waals surface area contributed by atoms with Gasteiger partial charge in [0, 0.05) is 18.2 Å². The molecule has 5 heteroatoms. The van der Waals surface area contributed by atoms with Gasteiger partial charge in [-0.2, -0.15) is 0 Å². The summed E-state index contributed by atoms with van der Waals surface area (Å²) < 4.78 is 5.97. The van der Waals surface area contributed by atoms with Gasteiger partial charge in [-0.05, 0) is 50.3 Å². The SMILES string of the molecule is Cc1nccc(C(=O)N(Cc2ccc([C@H]3C[C@@H]3C)o2)C2CC2)n1. The van der Waals surface area contributed by atoms with Gasteiger partial charge in [-0.25, -0.2) is 9.97 Å². The first-order valence-corrected chi connectivity index (χ1v) is 8.31. The van der Waals surface area contributed by atoms with Gasteiger partial charge in [0.2, 0.25) is 0 Å². The third-order valence-corrected chi connectivity index (χ3v) is 4.73. The zero-order valence-electron chi connectivity index (χ0n) is 13.5. The Morgan fingerprint density at radius 2 is 2.13 bits per heavy atom. The summed E-state index contributed by atoms with van der Waals surface area (Å²) in [7, 11) is 0. The van der Waals surface area contributed by atoms with E-state index >= 15 is 0 Å². The van der Waals surface area contributed by atoms with Gasteiger partial charge in [0.1, 0.15) is 23.0 Å². The molecule has 2 fully saturated rings. The minimum absolute atomic E-state index is 0.0317. The third kappa shape index (κ3) is 3.00. The first kappa shape index (κ1) is 14.4. The molecule has 5 nitrogen and oxygen atoms in total. The van der Waals surface area contributed by atoms with E-state index in [2.05, 4.69) is 23.0 Å². The smallest absolute Gasteiger partial charge is 0.273 e. The lowest BCUT2D eigenvalue weighted by atomic mass is 10.2. The predicted octanol–water partition coefficient (Wildman–Crippen LogP) is 3.31. The van der Waals surface area contributed by atoms with Crippen molar-refractivity contribution in [2.45, 2.75) is 51.6 Å². The molecule has 0 aromatic carbocycles. The number of furan rings is 1. The van der Waals surface area contributed by atoms with Crippen LogP contribution in [0.2, 0.25) is 0 Å². The Kier molecular flexibility index (Phi) is 3.43.